The molecule has 200 valence electrons. The van der Waals surface area contributed by atoms with Gasteiger partial charge in [0.1, 0.15) is 11.4 Å². The van der Waals surface area contributed by atoms with Crippen molar-refractivity contribution >= 4 is 59.4 Å². The summed E-state index contributed by atoms with van der Waals surface area (Å²) >= 11 is 8.80. The Balaban J connectivity index is 2.09. The van der Waals surface area contributed by atoms with E-state index in [0.717, 1.165) is 22.0 Å². The number of carbonyl (C=O) groups excluding carboxylic acids is 1. The maximum absolute atomic E-state index is 15.6. The molecule has 0 atom stereocenters. The Bertz CT molecular complexity index is 1370. The average Bonchev–Trinajstić information content (AvgIpc) is 2.81. The second-order valence-corrected chi connectivity index (χ2v) is 16.1. The Morgan fingerprint density at radius 3 is 2.54 bits per heavy atom. The second kappa shape index (κ2) is 12.0. The standard InChI is InChI=1S/C28H34ClFINO4Si/c1-6-36-27(34)22-17-32(12-8-11-28(2,3)37(4,5)35)25-21(26(22)33)14-18(15-23(25)30)13-19-9-7-10-20(16-31)24(19)29/h7,9-10,14-15,17,35H,6,8,11-13,16H2,1-5H3. The fourth-order valence-electron chi connectivity index (χ4n) is 4.27. The van der Waals surface area contributed by atoms with Crippen molar-refractivity contribution in [3.05, 3.63) is 79.8 Å². The number of hydrogen-bond donors (Lipinski definition) is 1. The van der Waals surface area contributed by atoms with Gasteiger partial charge in [0.2, 0.25) is 5.43 Å². The predicted octanol–water partition coefficient (Wildman–Crippen LogP) is 7.25. The van der Waals surface area contributed by atoms with Gasteiger partial charge < -0.3 is 14.1 Å². The van der Waals surface area contributed by atoms with Gasteiger partial charge in [-0.2, -0.15) is 0 Å². The molecule has 0 bridgehead atoms. The van der Waals surface area contributed by atoms with Crippen molar-refractivity contribution in [1.82, 2.24) is 4.57 Å². The molecule has 0 aliphatic heterocycles. The van der Waals surface area contributed by atoms with Gasteiger partial charge in [-0.05, 0) is 73.1 Å². The van der Waals surface area contributed by atoms with Gasteiger partial charge in [0, 0.05) is 27.6 Å². The van der Waals surface area contributed by atoms with E-state index < -0.39 is 25.5 Å². The van der Waals surface area contributed by atoms with Gasteiger partial charge in [0.15, 0.2) is 8.32 Å². The third kappa shape index (κ3) is 6.64. The lowest BCUT2D eigenvalue weighted by Gasteiger charge is -2.35. The Labute approximate surface area is 237 Å². The molecule has 1 heterocycles. The quantitative estimate of drug-likeness (QED) is 0.108. The van der Waals surface area contributed by atoms with Crippen LogP contribution in [0.25, 0.3) is 10.9 Å². The van der Waals surface area contributed by atoms with Crippen LogP contribution < -0.4 is 5.43 Å². The summed E-state index contributed by atoms with van der Waals surface area (Å²) in [7, 11) is -2.41. The van der Waals surface area contributed by atoms with Crippen LogP contribution in [0.1, 0.15) is 60.7 Å². The molecule has 3 rings (SSSR count). The lowest BCUT2D eigenvalue weighted by molar-refractivity contribution is 0.0524. The number of nitrogens with zero attached hydrogens (tertiary/aromatic N) is 1. The third-order valence-electron chi connectivity index (χ3n) is 7.23. The molecule has 0 fully saturated rings. The molecular formula is C28H34ClFINO4Si. The number of hydrogen-bond acceptors (Lipinski definition) is 4. The van der Waals surface area contributed by atoms with Crippen LogP contribution in [0.4, 0.5) is 4.39 Å². The summed E-state index contributed by atoms with van der Waals surface area (Å²) in [5.74, 6) is -1.26. The van der Waals surface area contributed by atoms with E-state index in [9.17, 15) is 14.4 Å². The maximum Gasteiger partial charge on any atom is 0.343 e. The summed E-state index contributed by atoms with van der Waals surface area (Å²) in [6.07, 6.45) is 3.12. The highest BCUT2D eigenvalue weighted by Gasteiger charge is 2.37. The predicted molar refractivity (Wildman–Crippen MR) is 159 cm³/mol. The topological polar surface area (TPSA) is 68.5 Å². The lowest BCUT2D eigenvalue weighted by Crippen LogP contribution is -2.39. The van der Waals surface area contributed by atoms with E-state index in [1.54, 1.807) is 17.6 Å². The van der Waals surface area contributed by atoms with E-state index in [4.69, 9.17) is 16.3 Å². The molecule has 1 aromatic heterocycles. The first-order valence-corrected chi connectivity index (χ1v) is 17.2. The van der Waals surface area contributed by atoms with Gasteiger partial charge in [-0.15, -0.1) is 0 Å². The van der Waals surface area contributed by atoms with Crippen molar-refractivity contribution in [3.63, 3.8) is 0 Å². The normalized spacial score (nSPS) is 12.2. The second-order valence-electron chi connectivity index (χ2n) is 10.5. The summed E-state index contributed by atoms with van der Waals surface area (Å²) in [6.45, 7) is 10.1. The fraction of sp³-hybridized carbons (Fsp3) is 0.429. The first-order valence-electron chi connectivity index (χ1n) is 12.4. The first kappa shape index (κ1) is 29.8. The van der Waals surface area contributed by atoms with Gasteiger partial charge in [-0.25, -0.2) is 9.18 Å². The SMILES string of the molecule is CCOC(=O)c1cn(CCCC(C)(C)[Si](C)(C)O)c2c(F)cc(Cc3cccc(CI)c3Cl)cc2c1=O. The molecule has 5 nitrogen and oxygen atoms in total. The molecule has 1 N–H and O–H groups in total. The number of alkyl halides is 1. The zero-order valence-electron chi connectivity index (χ0n) is 22.0. The zero-order valence-corrected chi connectivity index (χ0v) is 25.9. The summed E-state index contributed by atoms with van der Waals surface area (Å²) < 4.78 is 23.1. The fourth-order valence-corrected chi connectivity index (χ4v) is 6.18. The number of aryl methyl sites for hydroxylation is 1. The molecular weight excluding hydrogens is 624 g/mol. The van der Waals surface area contributed by atoms with E-state index in [-0.39, 0.29) is 28.1 Å². The molecule has 3 aromatic rings. The number of aromatic nitrogens is 1. The smallest absolute Gasteiger partial charge is 0.343 e. The number of pyridine rings is 1. The van der Waals surface area contributed by atoms with Crippen LogP contribution in [-0.4, -0.2) is 30.3 Å². The summed E-state index contributed by atoms with van der Waals surface area (Å²) in [4.78, 5) is 36.6. The number of esters is 1. The Morgan fingerprint density at radius 1 is 1.24 bits per heavy atom. The van der Waals surface area contributed by atoms with Gasteiger partial charge in [0.05, 0.1) is 12.1 Å². The third-order valence-corrected chi connectivity index (χ3v) is 12.1. The molecule has 0 unspecified atom stereocenters. The molecule has 0 saturated heterocycles. The number of benzene rings is 2. The number of ether oxygens (including phenoxy) is 1. The average molecular weight is 658 g/mol. The summed E-state index contributed by atoms with van der Waals surface area (Å²) in [5, 5.41) is 0.523. The van der Waals surface area contributed by atoms with E-state index in [2.05, 4.69) is 22.6 Å². The van der Waals surface area contributed by atoms with E-state index >= 15 is 4.39 Å². The van der Waals surface area contributed by atoms with E-state index in [1.165, 1.54) is 12.3 Å². The number of carbonyl (C=O) groups is 1. The number of fused-ring (bicyclic) bond motifs is 1. The minimum atomic E-state index is -2.41. The van der Waals surface area contributed by atoms with Crippen LogP contribution in [-0.2, 0) is 22.1 Å². The van der Waals surface area contributed by atoms with Crippen LogP contribution in [0, 0.1) is 5.82 Å². The number of rotatable bonds is 10. The first-order chi connectivity index (χ1) is 17.3. The van der Waals surface area contributed by atoms with Crippen molar-refractivity contribution < 1.29 is 18.7 Å². The Morgan fingerprint density at radius 2 is 1.92 bits per heavy atom. The van der Waals surface area contributed by atoms with E-state index in [0.29, 0.717) is 30.0 Å². The van der Waals surface area contributed by atoms with Crippen LogP contribution >= 0.6 is 34.2 Å². The molecule has 0 spiro atoms. The van der Waals surface area contributed by atoms with Crippen molar-refractivity contribution in [2.24, 2.45) is 0 Å². The lowest BCUT2D eigenvalue weighted by atomic mass is 10.00. The molecule has 37 heavy (non-hydrogen) atoms. The van der Waals surface area contributed by atoms with Crippen LogP contribution in [0.2, 0.25) is 23.2 Å². The van der Waals surface area contributed by atoms with Gasteiger partial charge in [-0.3, -0.25) is 4.79 Å². The molecule has 2 aromatic carbocycles. The molecule has 9 heteroatoms. The van der Waals surface area contributed by atoms with Crippen LogP contribution in [0.5, 0.6) is 0 Å². The zero-order chi connectivity index (χ0) is 27.5. The minimum Gasteiger partial charge on any atom is -0.462 e. The summed E-state index contributed by atoms with van der Waals surface area (Å²) in [5.41, 5.74) is 1.91. The van der Waals surface area contributed by atoms with Gasteiger partial charge >= 0.3 is 5.97 Å². The highest BCUT2D eigenvalue weighted by atomic mass is 127. The Kier molecular flexibility index (Phi) is 9.64. The van der Waals surface area contributed by atoms with Crippen LogP contribution in [0.15, 0.2) is 41.3 Å². The maximum atomic E-state index is 15.6. The van der Waals surface area contributed by atoms with Crippen LogP contribution in [0.3, 0.4) is 0 Å². The minimum absolute atomic E-state index is 0.119. The number of halogens is 3. The van der Waals surface area contributed by atoms with Crippen molar-refractivity contribution in [1.29, 1.82) is 0 Å². The molecule has 0 amide bonds. The van der Waals surface area contributed by atoms with Crippen molar-refractivity contribution in [2.75, 3.05) is 6.61 Å². The largest absolute Gasteiger partial charge is 0.462 e. The molecule has 0 aliphatic rings. The molecule has 0 radical (unpaired) electrons. The van der Waals surface area contributed by atoms with Gasteiger partial charge in [0.25, 0.3) is 0 Å². The summed E-state index contributed by atoms with van der Waals surface area (Å²) in [6, 6.07) is 8.84. The monoisotopic (exact) mass is 657 g/mol. The van der Waals surface area contributed by atoms with Crippen molar-refractivity contribution in [3.8, 4) is 0 Å². The molecule has 0 saturated carbocycles. The highest BCUT2D eigenvalue weighted by Crippen LogP contribution is 2.40. The van der Waals surface area contributed by atoms with E-state index in [1.807, 2.05) is 45.1 Å². The van der Waals surface area contributed by atoms with Crippen molar-refractivity contribution in [2.45, 2.75) is 69.1 Å². The highest BCUT2D eigenvalue weighted by molar-refractivity contribution is 14.1. The molecule has 0 aliphatic carbocycles. The van der Waals surface area contributed by atoms with Gasteiger partial charge in [-0.1, -0.05) is 66.2 Å². The Hall–Kier alpha value is -1.75.